The number of benzene rings is 1. The van der Waals surface area contributed by atoms with E-state index in [9.17, 15) is 9.59 Å². The number of carbonyl (C=O) groups excluding carboxylic acids is 2. The van der Waals surface area contributed by atoms with Crippen LogP contribution in [-0.2, 0) is 23.8 Å². The molecule has 23 heavy (non-hydrogen) atoms. The minimum Gasteiger partial charge on any atom is -0.451 e. The Morgan fingerprint density at radius 2 is 1.91 bits per heavy atom. The average Bonchev–Trinajstić information content (AvgIpc) is 2.51. The van der Waals surface area contributed by atoms with Gasteiger partial charge >= 0.3 is 5.97 Å². The predicted molar refractivity (Wildman–Crippen MR) is 86.2 cm³/mol. The van der Waals surface area contributed by atoms with Crippen molar-refractivity contribution in [3.63, 3.8) is 0 Å². The van der Waals surface area contributed by atoms with Gasteiger partial charge in [0, 0.05) is 5.02 Å². The Labute approximate surface area is 147 Å². The fourth-order valence-electron chi connectivity index (χ4n) is 1.81. The lowest BCUT2D eigenvalue weighted by molar-refractivity contribution is -0.176. The summed E-state index contributed by atoms with van der Waals surface area (Å²) in [5.74, 6) is -1.25. The summed E-state index contributed by atoms with van der Waals surface area (Å²) in [7, 11) is 0. The van der Waals surface area contributed by atoms with Gasteiger partial charge in [-0.15, -0.1) is 0 Å². The number of esters is 1. The van der Waals surface area contributed by atoms with Gasteiger partial charge in [-0.2, -0.15) is 0 Å². The Balaban J connectivity index is 1.96. The van der Waals surface area contributed by atoms with Crippen molar-refractivity contribution < 1.29 is 23.8 Å². The molecular formula is C14H14Cl3NO5. The number of ether oxygens (including phenoxy) is 3. The Morgan fingerprint density at radius 1 is 1.26 bits per heavy atom. The van der Waals surface area contributed by atoms with Crippen molar-refractivity contribution in [2.45, 2.75) is 19.1 Å². The maximum atomic E-state index is 12.1. The predicted octanol–water partition coefficient (Wildman–Crippen LogP) is 2.93. The molecule has 0 spiro atoms. The highest BCUT2D eigenvalue weighted by molar-refractivity contribution is 6.42. The largest absolute Gasteiger partial charge is 0.451 e. The second-order valence-electron chi connectivity index (χ2n) is 4.75. The van der Waals surface area contributed by atoms with Gasteiger partial charge in [-0.1, -0.05) is 34.8 Å². The van der Waals surface area contributed by atoms with Crippen LogP contribution in [0.1, 0.15) is 6.92 Å². The fourth-order valence-corrected chi connectivity index (χ4v) is 2.73. The molecule has 9 heteroatoms. The molecule has 0 bridgehead atoms. The lowest BCUT2D eigenvalue weighted by Crippen LogP contribution is -2.40. The molecule has 6 nitrogen and oxygen atoms in total. The van der Waals surface area contributed by atoms with E-state index in [2.05, 4.69) is 5.32 Å². The number of halogens is 3. The van der Waals surface area contributed by atoms with E-state index in [0.717, 1.165) is 0 Å². The monoisotopic (exact) mass is 381 g/mol. The number of rotatable bonds is 4. The first-order valence-corrected chi connectivity index (χ1v) is 7.87. The van der Waals surface area contributed by atoms with Gasteiger partial charge in [0.15, 0.2) is 12.2 Å². The number of anilines is 1. The van der Waals surface area contributed by atoms with Crippen LogP contribution >= 0.6 is 34.8 Å². The van der Waals surface area contributed by atoms with Crippen LogP contribution in [0.25, 0.3) is 0 Å². The van der Waals surface area contributed by atoms with Crippen LogP contribution in [0.3, 0.4) is 0 Å². The molecule has 1 heterocycles. The third kappa shape index (κ3) is 4.96. The van der Waals surface area contributed by atoms with Gasteiger partial charge in [0.25, 0.3) is 5.91 Å². The van der Waals surface area contributed by atoms with Crippen LogP contribution in [0.15, 0.2) is 12.1 Å². The number of hydrogen-bond acceptors (Lipinski definition) is 5. The molecule has 1 aromatic carbocycles. The van der Waals surface area contributed by atoms with Crippen LogP contribution in [-0.4, -0.2) is 43.9 Å². The fraction of sp³-hybridized carbons (Fsp3) is 0.429. The van der Waals surface area contributed by atoms with Crippen molar-refractivity contribution >= 4 is 52.4 Å². The van der Waals surface area contributed by atoms with Crippen LogP contribution in [0, 0.1) is 0 Å². The molecule has 126 valence electrons. The Hall–Kier alpha value is -1.05. The molecule has 2 rings (SSSR count). The molecule has 1 N–H and O–H groups in total. The maximum Gasteiger partial charge on any atom is 0.338 e. The van der Waals surface area contributed by atoms with E-state index >= 15 is 0 Å². The quantitative estimate of drug-likeness (QED) is 0.811. The third-order valence-corrected chi connectivity index (χ3v) is 3.81. The lowest BCUT2D eigenvalue weighted by atomic mass is 10.3. The van der Waals surface area contributed by atoms with Crippen LogP contribution in [0.2, 0.25) is 15.1 Å². The van der Waals surface area contributed by atoms with Crippen molar-refractivity contribution in [1.29, 1.82) is 0 Å². The van der Waals surface area contributed by atoms with E-state index in [1.165, 1.54) is 19.1 Å². The molecular weight excluding hydrogens is 369 g/mol. The van der Waals surface area contributed by atoms with Gasteiger partial charge in [0.1, 0.15) is 0 Å². The summed E-state index contributed by atoms with van der Waals surface area (Å²) in [6.45, 7) is 2.25. The molecule has 1 aliphatic rings. The zero-order valence-corrected chi connectivity index (χ0v) is 14.4. The van der Waals surface area contributed by atoms with Gasteiger partial charge in [-0.3, -0.25) is 4.79 Å². The van der Waals surface area contributed by atoms with E-state index < -0.39 is 24.1 Å². The van der Waals surface area contributed by atoms with Gasteiger partial charge in [0.2, 0.25) is 0 Å². The highest BCUT2D eigenvalue weighted by atomic mass is 35.5. The summed E-state index contributed by atoms with van der Waals surface area (Å²) >= 11 is 17.8. The third-order valence-electron chi connectivity index (χ3n) is 3.00. The highest BCUT2D eigenvalue weighted by Crippen LogP contribution is 2.33. The van der Waals surface area contributed by atoms with Crippen molar-refractivity contribution in [1.82, 2.24) is 0 Å². The molecule has 1 aliphatic heterocycles. The smallest absolute Gasteiger partial charge is 0.338 e. The number of carbonyl (C=O) groups is 2. The topological polar surface area (TPSA) is 73.9 Å². The molecule has 1 saturated heterocycles. The summed E-state index contributed by atoms with van der Waals surface area (Å²) in [4.78, 5) is 24.0. The van der Waals surface area contributed by atoms with Crippen LogP contribution < -0.4 is 5.32 Å². The first-order valence-electron chi connectivity index (χ1n) is 6.73. The molecule has 2 atom stereocenters. The molecule has 0 saturated carbocycles. The van der Waals surface area contributed by atoms with E-state index in [-0.39, 0.29) is 22.3 Å². The Kier molecular flexibility index (Phi) is 6.50. The van der Waals surface area contributed by atoms with E-state index in [4.69, 9.17) is 49.0 Å². The standard InChI is InChI=1S/C14H14Cl3NO5/c1-7(23-14(20)11-6-21-2-3-22-11)13(19)18-12-9(16)4-8(15)5-10(12)17/h4-5,7,11H,2-3,6H2,1H3,(H,18,19)/t7-,11+/m1/s1. The van der Waals surface area contributed by atoms with Gasteiger partial charge in [-0.05, 0) is 19.1 Å². The number of nitrogens with one attached hydrogen (secondary N) is 1. The molecule has 0 unspecified atom stereocenters. The van der Waals surface area contributed by atoms with Crippen molar-refractivity contribution in [3.05, 3.63) is 27.2 Å². The van der Waals surface area contributed by atoms with Gasteiger partial charge in [-0.25, -0.2) is 4.79 Å². The lowest BCUT2D eigenvalue weighted by Gasteiger charge is -2.23. The zero-order chi connectivity index (χ0) is 17.0. The summed E-state index contributed by atoms with van der Waals surface area (Å²) in [5.41, 5.74) is 0.197. The number of amides is 1. The molecule has 0 radical (unpaired) electrons. The molecule has 1 fully saturated rings. The average molecular weight is 383 g/mol. The minimum atomic E-state index is -1.06. The van der Waals surface area contributed by atoms with Gasteiger partial charge < -0.3 is 19.5 Å². The highest BCUT2D eigenvalue weighted by Gasteiger charge is 2.28. The van der Waals surface area contributed by atoms with Crippen molar-refractivity contribution in [2.75, 3.05) is 25.1 Å². The van der Waals surface area contributed by atoms with Crippen molar-refractivity contribution in [3.8, 4) is 0 Å². The zero-order valence-electron chi connectivity index (χ0n) is 12.1. The molecule has 0 aliphatic carbocycles. The van der Waals surface area contributed by atoms with Crippen LogP contribution in [0.5, 0.6) is 0 Å². The molecule has 1 aromatic rings. The number of hydrogen-bond donors (Lipinski definition) is 1. The van der Waals surface area contributed by atoms with E-state index in [1.54, 1.807) is 0 Å². The maximum absolute atomic E-state index is 12.1. The van der Waals surface area contributed by atoms with Crippen molar-refractivity contribution in [2.24, 2.45) is 0 Å². The molecule has 1 amide bonds. The second kappa shape index (κ2) is 8.17. The minimum absolute atomic E-state index is 0.0992. The summed E-state index contributed by atoms with van der Waals surface area (Å²) in [6, 6.07) is 2.88. The summed E-state index contributed by atoms with van der Waals surface area (Å²) < 4.78 is 15.4. The summed E-state index contributed by atoms with van der Waals surface area (Å²) in [6.07, 6.45) is -1.89. The first kappa shape index (κ1) is 18.3. The molecule has 0 aromatic heterocycles. The van der Waals surface area contributed by atoms with E-state index in [1.807, 2.05) is 0 Å². The first-order chi connectivity index (χ1) is 10.9. The summed E-state index contributed by atoms with van der Waals surface area (Å²) in [5, 5.41) is 3.20. The van der Waals surface area contributed by atoms with Crippen LogP contribution in [0.4, 0.5) is 5.69 Å². The Morgan fingerprint density at radius 3 is 2.48 bits per heavy atom. The Bertz CT molecular complexity index is 581. The van der Waals surface area contributed by atoms with E-state index in [0.29, 0.717) is 18.2 Å². The normalized spacial score (nSPS) is 19.0. The second-order valence-corrected chi connectivity index (χ2v) is 6.00. The van der Waals surface area contributed by atoms with Gasteiger partial charge in [0.05, 0.1) is 35.6 Å². The SMILES string of the molecule is C[C@@H](OC(=O)[C@@H]1COCCO1)C(=O)Nc1c(Cl)cc(Cl)cc1Cl.